The summed E-state index contributed by atoms with van der Waals surface area (Å²) in [6, 6.07) is 0. The number of epoxide rings is 3. The molecule has 134 valence electrons. The molecule has 7 aliphatic rings. The lowest BCUT2D eigenvalue weighted by molar-refractivity contribution is -0.136. The average molecular weight is 344 g/mol. The first-order valence-corrected chi connectivity index (χ1v) is 9.82. The number of carbonyl (C=O) groups is 1. The highest BCUT2D eigenvalue weighted by molar-refractivity contribution is 5.92. The standard InChI is InChI=1S/C20H24O5/c1-9(2)18-8-19-13(23-19)6-12-11-7-22-16(21)10(11)4-5-17(12,3)20(19)15(25-20)14(18)24-18/h9,12-15H,4-8H2,1-3H3/t12?,13-,14?,15-,17-,18-,19-,20+/m0/s1. The van der Waals surface area contributed by atoms with E-state index in [2.05, 4.69) is 20.8 Å². The van der Waals surface area contributed by atoms with Gasteiger partial charge in [-0.15, -0.1) is 0 Å². The molecule has 8 atom stereocenters. The number of hydrogen-bond acceptors (Lipinski definition) is 5. The minimum atomic E-state index is -0.211. The zero-order valence-corrected chi connectivity index (χ0v) is 15.0. The van der Waals surface area contributed by atoms with Crippen molar-refractivity contribution in [3.05, 3.63) is 11.1 Å². The van der Waals surface area contributed by atoms with Crippen LogP contribution in [0.4, 0.5) is 0 Å². The van der Waals surface area contributed by atoms with Gasteiger partial charge in [0.25, 0.3) is 0 Å². The summed E-state index contributed by atoms with van der Waals surface area (Å²) < 4.78 is 24.7. The lowest BCUT2D eigenvalue weighted by Gasteiger charge is -2.52. The first kappa shape index (κ1) is 14.2. The first-order chi connectivity index (χ1) is 11.9. The van der Waals surface area contributed by atoms with Gasteiger partial charge in [0.05, 0.1) is 6.10 Å². The number of carbonyl (C=O) groups excluding carboxylic acids is 1. The van der Waals surface area contributed by atoms with E-state index in [1.54, 1.807) is 0 Å². The summed E-state index contributed by atoms with van der Waals surface area (Å²) in [5.41, 5.74) is 1.81. The molecule has 3 aliphatic carbocycles. The third-order valence-electron chi connectivity index (χ3n) is 9.04. The Balaban J connectivity index is 1.36. The summed E-state index contributed by atoms with van der Waals surface area (Å²) in [5.74, 6) is 0.744. The van der Waals surface area contributed by atoms with E-state index < -0.39 is 0 Å². The average Bonchev–Trinajstić information content (AvgIpc) is 3.45. The van der Waals surface area contributed by atoms with Gasteiger partial charge < -0.3 is 18.9 Å². The fraction of sp³-hybridized carbons (Fsp3) is 0.850. The van der Waals surface area contributed by atoms with Gasteiger partial charge in [0.15, 0.2) is 0 Å². The molecule has 0 N–H and O–H groups in total. The molecule has 7 rings (SSSR count). The Morgan fingerprint density at radius 2 is 2.00 bits per heavy atom. The smallest absolute Gasteiger partial charge is 0.334 e. The highest BCUT2D eigenvalue weighted by atomic mass is 16.7. The maximum Gasteiger partial charge on any atom is 0.334 e. The van der Waals surface area contributed by atoms with Crippen LogP contribution in [0.2, 0.25) is 0 Å². The quantitative estimate of drug-likeness (QED) is 0.539. The van der Waals surface area contributed by atoms with Gasteiger partial charge in [0, 0.05) is 17.4 Å². The fourth-order valence-electron chi connectivity index (χ4n) is 7.56. The lowest BCUT2D eigenvalue weighted by Crippen LogP contribution is -2.63. The summed E-state index contributed by atoms with van der Waals surface area (Å²) in [6.07, 6.45) is 4.44. The Morgan fingerprint density at radius 3 is 2.80 bits per heavy atom. The molecular formula is C20H24O5. The van der Waals surface area contributed by atoms with Crippen molar-refractivity contribution in [1.29, 1.82) is 0 Å². The summed E-state index contributed by atoms with van der Waals surface area (Å²) in [7, 11) is 0. The van der Waals surface area contributed by atoms with E-state index in [1.165, 1.54) is 5.57 Å². The van der Waals surface area contributed by atoms with Gasteiger partial charge in [-0.1, -0.05) is 20.8 Å². The molecule has 5 heteroatoms. The molecule has 5 nitrogen and oxygen atoms in total. The molecule has 2 spiro atoms. The van der Waals surface area contributed by atoms with Gasteiger partial charge in [0.1, 0.15) is 35.6 Å². The molecule has 25 heavy (non-hydrogen) atoms. The van der Waals surface area contributed by atoms with Crippen LogP contribution >= 0.6 is 0 Å². The first-order valence-electron chi connectivity index (χ1n) is 9.82. The van der Waals surface area contributed by atoms with Crippen molar-refractivity contribution in [2.75, 3.05) is 6.61 Å². The molecule has 0 aromatic heterocycles. The molecule has 0 aromatic carbocycles. The van der Waals surface area contributed by atoms with Crippen molar-refractivity contribution in [3.8, 4) is 0 Å². The van der Waals surface area contributed by atoms with Gasteiger partial charge in [0.2, 0.25) is 0 Å². The van der Waals surface area contributed by atoms with Gasteiger partial charge in [-0.3, -0.25) is 0 Å². The maximum absolute atomic E-state index is 12.1. The molecule has 4 heterocycles. The van der Waals surface area contributed by atoms with Crippen LogP contribution < -0.4 is 0 Å². The Hall–Kier alpha value is -0.910. The van der Waals surface area contributed by atoms with E-state index in [4.69, 9.17) is 18.9 Å². The molecule has 4 aliphatic heterocycles. The van der Waals surface area contributed by atoms with Crippen molar-refractivity contribution < 1.29 is 23.7 Å². The summed E-state index contributed by atoms with van der Waals surface area (Å²) >= 11 is 0. The highest BCUT2D eigenvalue weighted by Crippen LogP contribution is 2.82. The van der Waals surface area contributed by atoms with Crippen LogP contribution in [-0.2, 0) is 23.7 Å². The van der Waals surface area contributed by atoms with Crippen molar-refractivity contribution in [2.24, 2.45) is 17.3 Å². The van der Waals surface area contributed by atoms with Crippen LogP contribution in [0.1, 0.15) is 46.5 Å². The van der Waals surface area contributed by atoms with Crippen LogP contribution in [0, 0.1) is 17.3 Å². The second kappa shape index (κ2) is 3.58. The van der Waals surface area contributed by atoms with E-state index >= 15 is 0 Å². The number of rotatable bonds is 1. The van der Waals surface area contributed by atoms with Crippen LogP contribution in [0.15, 0.2) is 11.1 Å². The van der Waals surface area contributed by atoms with Crippen LogP contribution in [-0.4, -0.2) is 47.7 Å². The van der Waals surface area contributed by atoms with Gasteiger partial charge in [-0.05, 0) is 36.7 Å². The molecule has 0 bridgehead atoms. The monoisotopic (exact) mass is 344 g/mol. The van der Waals surface area contributed by atoms with Gasteiger partial charge in [-0.25, -0.2) is 4.79 Å². The topological polar surface area (TPSA) is 63.9 Å². The summed E-state index contributed by atoms with van der Waals surface area (Å²) in [6.45, 7) is 7.38. The maximum atomic E-state index is 12.1. The van der Waals surface area contributed by atoms with Gasteiger partial charge in [-0.2, -0.15) is 0 Å². The van der Waals surface area contributed by atoms with Crippen molar-refractivity contribution in [2.45, 2.75) is 81.6 Å². The van der Waals surface area contributed by atoms with Crippen LogP contribution in [0.3, 0.4) is 0 Å². The SMILES string of the molecule is CC(C)[C@@]12C[C@]34O[C@H]3CC3C5=C(CC[C@]3(C)[C@@]43O[C@H]3C1O2)C(=O)OC5. The molecule has 0 amide bonds. The molecule has 2 unspecified atom stereocenters. The van der Waals surface area contributed by atoms with Crippen molar-refractivity contribution in [3.63, 3.8) is 0 Å². The Bertz CT molecular complexity index is 787. The molecule has 5 fully saturated rings. The molecule has 2 saturated carbocycles. The normalized spacial score (nSPS) is 62.2. The third-order valence-corrected chi connectivity index (χ3v) is 9.04. The fourth-order valence-corrected chi connectivity index (χ4v) is 7.56. The Labute approximate surface area is 147 Å². The van der Waals surface area contributed by atoms with E-state index in [9.17, 15) is 4.79 Å². The van der Waals surface area contributed by atoms with E-state index in [-0.39, 0.29) is 46.5 Å². The predicted molar refractivity (Wildman–Crippen MR) is 85.7 cm³/mol. The van der Waals surface area contributed by atoms with E-state index in [0.717, 1.165) is 31.3 Å². The van der Waals surface area contributed by atoms with Crippen molar-refractivity contribution >= 4 is 5.97 Å². The predicted octanol–water partition coefficient (Wildman–Crippen LogP) is 2.13. The summed E-state index contributed by atoms with van der Waals surface area (Å²) in [5, 5.41) is 0. The zero-order valence-electron chi connectivity index (χ0n) is 15.0. The van der Waals surface area contributed by atoms with Crippen molar-refractivity contribution in [1.82, 2.24) is 0 Å². The summed E-state index contributed by atoms with van der Waals surface area (Å²) in [4.78, 5) is 12.1. The van der Waals surface area contributed by atoms with E-state index in [1.807, 2.05) is 0 Å². The second-order valence-electron chi connectivity index (χ2n) is 9.88. The van der Waals surface area contributed by atoms with Gasteiger partial charge >= 0.3 is 5.97 Å². The van der Waals surface area contributed by atoms with E-state index in [0.29, 0.717) is 18.4 Å². The number of fused-ring (bicyclic) bond motifs is 4. The third kappa shape index (κ3) is 1.19. The molecular weight excluding hydrogens is 320 g/mol. The largest absolute Gasteiger partial charge is 0.458 e. The molecule has 3 saturated heterocycles. The number of ether oxygens (including phenoxy) is 4. The number of esters is 1. The molecule has 0 radical (unpaired) electrons. The minimum absolute atomic E-state index is 0.0204. The number of hydrogen-bond donors (Lipinski definition) is 0. The minimum Gasteiger partial charge on any atom is -0.458 e. The highest BCUT2D eigenvalue weighted by Gasteiger charge is 2.97. The Morgan fingerprint density at radius 1 is 1.16 bits per heavy atom. The van der Waals surface area contributed by atoms with Crippen LogP contribution in [0.25, 0.3) is 0 Å². The lowest BCUT2D eigenvalue weighted by atomic mass is 9.47. The second-order valence-corrected chi connectivity index (χ2v) is 9.88. The number of cyclic esters (lactones) is 1. The van der Waals surface area contributed by atoms with Crippen LogP contribution in [0.5, 0.6) is 0 Å². The Kier molecular flexibility index (Phi) is 2.03. The molecule has 0 aromatic rings. The zero-order chi connectivity index (χ0) is 17.0.